The van der Waals surface area contributed by atoms with Crippen LogP contribution >= 0.6 is 0 Å². The van der Waals surface area contributed by atoms with Gasteiger partial charge in [-0.1, -0.05) is 65.8 Å². The fraction of sp³-hybridized carbons (Fsp3) is 0.138. The lowest BCUT2D eigenvalue weighted by molar-refractivity contribution is 0.393. The predicted molar refractivity (Wildman–Crippen MR) is 138 cm³/mol. The second-order valence-electron chi connectivity index (χ2n) is 8.63. The van der Waals surface area contributed by atoms with Gasteiger partial charge in [0, 0.05) is 23.1 Å². The van der Waals surface area contributed by atoms with Crippen LogP contribution in [0.2, 0.25) is 0 Å². The van der Waals surface area contributed by atoms with E-state index in [1.807, 2.05) is 44.3 Å². The van der Waals surface area contributed by atoms with Crippen molar-refractivity contribution in [1.29, 1.82) is 0 Å². The number of aromatic nitrogens is 4. The van der Waals surface area contributed by atoms with E-state index < -0.39 is 0 Å². The summed E-state index contributed by atoms with van der Waals surface area (Å²) in [5.74, 6) is 2.41. The predicted octanol–water partition coefficient (Wildman–Crippen LogP) is 6.58. The quantitative estimate of drug-likeness (QED) is 0.291. The van der Waals surface area contributed by atoms with Crippen molar-refractivity contribution >= 4 is 21.9 Å². The van der Waals surface area contributed by atoms with Crippen molar-refractivity contribution in [1.82, 2.24) is 19.7 Å². The van der Waals surface area contributed by atoms with E-state index in [9.17, 15) is 0 Å². The van der Waals surface area contributed by atoms with Crippen molar-refractivity contribution in [3.8, 4) is 28.3 Å². The van der Waals surface area contributed by atoms with E-state index in [1.54, 1.807) is 7.11 Å². The van der Waals surface area contributed by atoms with E-state index in [1.165, 1.54) is 5.56 Å². The molecule has 6 nitrogen and oxygen atoms in total. The second-order valence-corrected chi connectivity index (χ2v) is 8.63. The molecule has 0 unspecified atom stereocenters. The summed E-state index contributed by atoms with van der Waals surface area (Å²) >= 11 is 0. The summed E-state index contributed by atoms with van der Waals surface area (Å²) in [5, 5.41) is 5.12. The lowest BCUT2D eigenvalue weighted by atomic mass is 10.0. The van der Waals surface area contributed by atoms with Gasteiger partial charge in [0.2, 0.25) is 0 Å². The van der Waals surface area contributed by atoms with Crippen LogP contribution in [-0.2, 0) is 6.54 Å². The molecule has 0 aliphatic heterocycles. The lowest BCUT2D eigenvalue weighted by Crippen LogP contribution is -2.03. The minimum absolute atomic E-state index is 0.689. The zero-order chi connectivity index (χ0) is 23.9. The smallest absolute Gasteiger partial charge is 0.141 e. The number of rotatable bonds is 5. The average Bonchev–Trinajstić information content (AvgIpc) is 3.43. The highest BCUT2D eigenvalue weighted by atomic mass is 16.5. The third kappa shape index (κ3) is 3.54. The van der Waals surface area contributed by atoms with E-state index in [-0.39, 0.29) is 0 Å². The monoisotopic (exact) mass is 460 g/mol. The first kappa shape index (κ1) is 21.1. The Hall–Kier alpha value is -4.45. The maximum Gasteiger partial charge on any atom is 0.141 e. The van der Waals surface area contributed by atoms with Gasteiger partial charge in [0.25, 0.3) is 0 Å². The first-order valence-electron chi connectivity index (χ1n) is 11.5. The SMILES string of the molecule is COc1cc2c(cc1-c1c(C)noc1C)ncc1nc(-c3ccccc3)n(Cc3ccccc3)c12. The van der Waals surface area contributed by atoms with Gasteiger partial charge >= 0.3 is 0 Å². The summed E-state index contributed by atoms with van der Waals surface area (Å²) in [5.41, 5.74) is 7.68. The Morgan fingerprint density at radius 1 is 0.914 bits per heavy atom. The summed E-state index contributed by atoms with van der Waals surface area (Å²) in [6.07, 6.45) is 1.86. The summed E-state index contributed by atoms with van der Waals surface area (Å²) in [4.78, 5) is 9.81. The molecule has 0 radical (unpaired) electrons. The van der Waals surface area contributed by atoms with Gasteiger partial charge in [0.15, 0.2) is 0 Å². The van der Waals surface area contributed by atoms with Crippen molar-refractivity contribution in [3.63, 3.8) is 0 Å². The largest absolute Gasteiger partial charge is 0.496 e. The molecule has 6 heteroatoms. The molecule has 0 saturated carbocycles. The maximum absolute atomic E-state index is 5.86. The Morgan fingerprint density at radius 3 is 2.34 bits per heavy atom. The average molecular weight is 461 g/mol. The molecule has 0 fully saturated rings. The van der Waals surface area contributed by atoms with Gasteiger partial charge in [-0.15, -0.1) is 0 Å². The Bertz CT molecular complexity index is 1650. The van der Waals surface area contributed by atoms with Crippen molar-refractivity contribution in [3.05, 3.63) is 96.0 Å². The van der Waals surface area contributed by atoms with Crippen LogP contribution in [0.5, 0.6) is 5.75 Å². The van der Waals surface area contributed by atoms with E-state index in [0.29, 0.717) is 6.54 Å². The van der Waals surface area contributed by atoms with E-state index in [4.69, 9.17) is 19.2 Å². The molecule has 0 spiro atoms. The summed E-state index contributed by atoms with van der Waals surface area (Å²) in [7, 11) is 1.69. The molecule has 0 amide bonds. The van der Waals surface area contributed by atoms with Crippen LogP contribution in [0.25, 0.3) is 44.5 Å². The van der Waals surface area contributed by atoms with E-state index in [2.05, 4.69) is 58.3 Å². The molecule has 0 saturated heterocycles. The Morgan fingerprint density at radius 2 is 1.66 bits per heavy atom. The molecule has 35 heavy (non-hydrogen) atoms. The van der Waals surface area contributed by atoms with Gasteiger partial charge in [-0.25, -0.2) is 4.98 Å². The Kier molecular flexibility index (Phi) is 5.07. The standard InChI is InChI=1S/C29H24N4O2/c1-18-27(19(2)35-32-18)23-14-24-22(15-26(23)34-3)28-25(16-30-24)31-29(21-12-8-5-9-13-21)33(28)17-20-10-6-4-7-11-20/h4-16H,17H2,1-3H3. The highest BCUT2D eigenvalue weighted by Crippen LogP contribution is 2.39. The van der Waals surface area contributed by atoms with Crippen LogP contribution in [0.15, 0.2) is 83.5 Å². The zero-order valence-corrected chi connectivity index (χ0v) is 19.8. The van der Waals surface area contributed by atoms with Gasteiger partial charge < -0.3 is 13.8 Å². The van der Waals surface area contributed by atoms with Crippen LogP contribution in [0.1, 0.15) is 17.0 Å². The van der Waals surface area contributed by atoms with Gasteiger partial charge in [-0.2, -0.15) is 0 Å². The molecule has 3 heterocycles. The van der Waals surface area contributed by atoms with Crippen LogP contribution < -0.4 is 4.74 Å². The number of aryl methyl sites for hydroxylation is 2. The molecular formula is C29H24N4O2. The minimum atomic E-state index is 0.689. The number of benzene rings is 3. The topological polar surface area (TPSA) is 66.0 Å². The third-order valence-electron chi connectivity index (χ3n) is 6.41. The van der Waals surface area contributed by atoms with E-state index in [0.717, 1.165) is 61.7 Å². The van der Waals surface area contributed by atoms with Crippen molar-refractivity contribution in [2.24, 2.45) is 0 Å². The number of hydrogen-bond donors (Lipinski definition) is 0. The van der Waals surface area contributed by atoms with Crippen LogP contribution in [0.3, 0.4) is 0 Å². The highest BCUT2D eigenvalue weighted by molar-refractivity contribution is 6.06. The number of hydrogen-bond acceptors (Lipinski definition) is 5. The maximum atomic E-state index is 5.86. The molecule has 3 aromatic carbocycles. The summed E-state index contributed by atoms with van der Waals surface area (Å²) < 4.78 is 13.6. The van der Waals surface area contributed by atoms with Gasteiger partial charge in [0.1, 0.15) is 22.9 Å². The summed E-state index contributed by atoms with van der Waals surface area (Å²) in [6.45, 7) is 4.54. The number of ether oxygens (including phenoxy) is 1. The number of methoxy groups -OCH3 is 1. The number of imidazole rings is 1. The first-order valence-corrected chi connectivity index (χ1v) is 11.5. The molecule has 6 rings (SSSR count). The molecule has 3 aromatic heterocycles. The van der Waals surface area contributed by atoms with Gasteiger partial charge in [-0.3, -0.25) is 4.98 Å². The molecular weight excluding hydrogens is 436 g/mol. The third-order valence-corrected chi connectivity index (χ3v) is 6.41. The molecule has 0 atom stereocenters. The van der Waals surface area contributed by atoms with E-state index >= 15 is 0 Å². The number of nitrogens with zero attached hydrogens (tertiary/aromatic N) is 4. The first-order chi connectivity index (χ1) is 17.1. The summed E-state index contributed by atoms with van der Waals surface area (Å²) in [6, 6.07) is 24.8. The van der Waals surface area contributed by atoms with Crippen molar-refractivity contribution in [2.75, 3.05) is 7.11 Å². The Labute approximate surface area is 202 Å². The molecule has 0 N–H and O–H groups in total. The molecule has 0 bridgehead atoms. The zero-order valence-electron chi connectivity index (χ0n) is 19.8. The normalized spacial score (nSPS) is 11.4. The second kappa shape index (κ2) is 8.40. The van der Waals surface area contributed by atoms with Crippen LogP contribution in [0, 0.1) is 13.8 Å². The van der Waals surface area contributed by atoms with Crippen molar-refractivity contribution in [2.45, 2.75) is 20.4 Å². The molecule has 0 aliphatic carbocycles. The van der Waals surface area contributed by atoms with Gasteiger partial charge in [-0.05, 0) is 31.5 Å². The number of fused-ring (bicyclic) bond motifs is 3. The number of pyridine rings is 1. The molecule has 0 aliphatic rings. The fourth-order valence-electron chi connectivity index (χ4n) is 4.80. The van der Waals surface area contributed by atoms with Crippen LogP contribution in [-0.4, -0.2) is 26.8 Å². The minimum Gasteiger partial charge on any atom is -0.496 e. The Balaban J connectivity index is 1.66. The molecule has 6 aromatic rings. The fourth-order valence-corrected chi connectivity index (χ4v) is 4.80. The molecule has 172 valence electrons. The lowest BCUT2D eigenvalue weighted by Gasteiger charge is -2.13. The van der Waals surface area contributed by atoms with Crippen molar-refractivity contribution < 1.29 is 9.26 Å². The highest BCUT2D eigenvalue weighted by Gasteiger charge is 2.21. The van der Waals surface area contributed by atoms with Gasteiger partial charge in [0.05, 0.1) is 35.6 Å². The van der Waals surface area contributed by atoms with Crippen LogP contribution in [0.4, 0.5) is 0 Å².